The molecule has 0 aliphatic heterocycles. The van der Waals surface area contributed by atoms with Crippen molar-refractivity contribution in [2.24, 2.45) is 0 Å². The lowest BCUT2D eigenvalue weighted by Crippen LogP contribution is -2.35. The van der Waals surface area contributed by atoms with Gasteiger partial charge in [-0.25, -0.2) is 0 Å². The third-order valence-electron chi connectivity index (χ3n) is 4.94. The molecule has 2 N–H and O–H groups in total. The lowest BCUT2D eigenvalue weighted by atomic mass is 10.1. The van der Waals surface area contributed by atoms with Gasteiger partial charge in [0.05, 0.1) is 0 Å². The number of benzene rings is 2. The lowest BCUT2D eigenvalue weighted by molar-refractivity contribution is -0.121. The van der Waals surface area contributed by atoms with E-state index in [9.17, 15) is 4.79 Å². The van der Waals surface area contributed by atoms with Crippen molar-refractivity contribution >= 4 is 16.8 Å². The number of nitrogens with one attached hydrogen (secondary N) is 2. The number of amides is 1. The van der Waals surface area contributed by atoms with E-state index in [0.717, 1.165) is 25.7 Å². The van der Waals surface area contributed by atoms with Crippen LogP contribution in [-0.2, 0) is 24.1 Å². The summed E-state index contributed by atoms with van der Waals surface area (Å²) in [5.74, 6) is 0.174. The SMILES string of the molecule is O=C(CCCc1c[nH]c2ccccc12)NC1Cc2ccccc2C1. The Morgan fingerprint density at radius 2 is 1.75 bits per heavy atom. The molecule has 0 unspecified atom stereocenters. The quantitative estimate of drug-likeness (QED) is 0.739. The highest BCUT2D eigenvalue weighted by Gasteiger charge is 2.22. The number of H-pyrrole nitrogens is 1. The average molecular weight is 318 g/mol. The lowest BCUT2D eigenvalue weighted by Gasteiger charge is -2.11. The largest absolute Gasteiger partial charge is 0.361 e. The highest BCUT2D eigenvalue weighted by atomic mass is 16.1. The van der Waals surface area contributed by atoms with Gasteiger partial charge in [0.2, 0.25) is 5.91 Å². The second kappa shape index (κ2) is 6.52. The molecule has 4 rings (SSSR count). The molecule has 3 nitrogen and oxygen atoms in total. The van der Waals surface area contributed by atoms with Crippen LogP contribution < -0.4 is 5.32 Å². The second-order valence-electron chi connectivity index (χ2n) is 6.65. The molecule has 1 aliphatic carbocycles. The van der Waals surface area contributed by atoms with Crippen LogP contribution >= 0.6 is 0 Å². The van der Waals surface area contributed by atoms with Crippen LogP contribution in [0.4, 0.5) is 0 Å². The number of fused-ring (bicyclic) bond motifs is 2. The van der Waals surface area contributed by atoms with E-state index in [1.54, 1.807) is 0 Å². The van der Waals surface area contributed by atoms with E-state index in [-0.39, 0.29) is 11.9 Å². The molecular formula is C21H22N2O. The van der Waals surface area contributed by atoms with E-state index in [1.807, 2.05) is 6.07 Å². The Bertz CT molecular complexity index is 840. The van der Waals surface area contributed by atoms with Crippen molar-refractivity contribution < 1.29 is 4.79 Å². The molecule has 24 heavy (non-hydrogen) atoms. The number of hydrogen-bond acceptors (Lipinski definition) is 1. The monoisotopic (exact) mass is 318 g/mol. The summed E-state index contributed by atoms with van der Waals surface area (Å²) in [6.45, 7) is 0. The molecular weight excluding hydrogens is 296 g/mol. The van der Waals surface area contributed by atoms with Crippen LogP contribution in [0, 0.1) is 0 Å². The number of carbonyl (C=O) groups is 1. The summed E-state index contributed by atoms with van der Waals surface area (Å²) in [5, 5.41) is 4.46. The molecule has 0 radical (unpaired) electrons. The summed E-state index contributed by atoms with van der Waals surface area (Å²) in [7, 11) is 0. The Morgan fingerprint density at radius 3 is 2.54 bits per heavy atom. The zero-order valence-corrected chi connectivity index (χ0v) is 13.7. The van der Waals surface area contributed by atoms with Crippen LogP contribution in [0.3, 0.4) is 0 Å². The number of carbonyl (C=O) groups excluding carboxylic acids is 1. The number of rotatable bonds is 5. The van der Waals surface area contributed by atoms with Gasteiger partial charge in [-0.2, -0.15) is 0 Å². The minimum Gasteiger partial charge on any atom is -0.361 e. The molecule has 2 aromatic carbocycles. The first-order chi connectivity index (χ1) is 11.8. The van der Waals surface area contributed by atoms with Crippen molar-refractivity contribution in [1.82, 2.24) is 10.3 Å². The predicted molar refractivity (Wildman–Crippen MR) is 97.0 cm³/mol. The number of aromatic nitrogens is 1. The Morgan fingerprint density at radius 1 is 1.04 bits per heavy atom. The van der Waals surface area contributed by atoms with Gasteiger partial charge in [-0.05, 0) is 48.4 Å². The van der Waals surface area contributed by atoms with Gasteiger partial charge < -0.3 is 10.3 Å². The first-order valence-electron chi connectivity index (χ1n) is 8.71. The van der Waals surface area contributed by atoms with Crippen LogP contribution in [0.2, 0.25) is 0 Å². The van der Waals surface area contributed by atoms with E-state index in [4.69, 9.17) is 0 Å². The summed E-state index contributed by atoms with van der Waals surface area (Å²) in [5.41, 5.74) is 5.22. The Kier molecular flexibility index (Phi) is 4.08. The Labute approximate surface area is 142 Å². The van der Waals surface area contributed by atoms with Crippen molar-refractivity contribution in [2.45, 2.75) is 38.1 Å². The number of para-hydroxylation sites is 1. The van der Waals surface area contributed by atoms with Gasteiger partial charge in [0.25, 0.3) is 0 Å². The predicted octanol–water partition coefficient (Wildman–Crippen LogP) is 3.77. The zero-order valence-electron chi connectivity index (χ0n) is 13.7. The topological polar surface area (TPSA) is 44.9 Å². The summed E-state index contributed by atoms with van der Waals surface area (Å²) in [4.78, 5) is 15.5. The summed E-state index contributed by atoms with van der Waals surface area (Å²) in [6.07, 6.45) is 6.40. The fourth-order valence-corrected chi connectivity index (χ4v) is 3.74. The van der Waals surface area contributed by atoms with Gasteiger partial charge in [-0.1, -0.05) is 42.5 Å². The van der Waals surface area contributed by atoms with Crippen molar-refractivity contribution in [3.63, 3.8) is 0 Å². The Balaban J connectivity index is 1.27. The molecule has 1 aromatic heterocycles. The molecule has 1 heterocycles. The van der Waals surface area contributed by atoms with Crippen molar-refractivity contribution in [2.75, 3.05) is 0 Å². The van der Waals surface area contributed by atoms with E-state index in [2.05, 4.69) is 59.0 Å². The molecule has 0 saturated carbocycles. The molecule has 1 aliphatic rings. The minimum absolute atomic E-state index is 0.174. The van der Waals surface area contributed by atoms with Crippen LogP contribution in [0.15, 0.2) is 54.7 Å². The molecule has 122 valence electrons. The smallest absolute Gasteiger partial charge is 0.220 e. The van der Waals surface area contributed by atoms with E-state index >= 15 is 0 Å². The van der Waals surface area contributed by atoms with Crippen molar-refractivity contribution in [1.29, 1.82) is 0 Å². The van der Waals surface area contributed by atoms with Crippen LogP contribution in [0.1, 0.15) is 29.5 Å². The maximum absolute atomic E-state index is 12.2. The third kappa shape index (κ3) is 3.07. The maximum Gasteiger partial charge on any atom is 0.220 e. The highest BCUT2D eigenvalue weighted by molar-refractivity contribution is 5.83. The average Bonchev–Trinajstić information content (AvgIpc) is 3.18. The number of hydrogen-bond donors (Lipinski definition) is 2. The van der Waals surface area contributed by atoms with E-state index in [1.165, 1.54) is 27.6 Å². The first kappa shape index (κ1) is 15.0. The molecule has 0 atom stereocenters. The van der Waals surface area contributed by atoms with E-state index < -0.39 is 0 Å². The van der Waals surface area contributed by atoms with Gasteiger partial charge in [0.15, 0.2) is 0 Å². The van der Waals surface area contributed by atoms with Crippen LogP contribution in [0.25, 0.3) is 10.9 Å². The van der Waals surface area contributed by atoms with E-state index in [0.29, 0.717) is 6.42 Å². The van der Waals surface area contributed by atoms with Crippen molar-refractivity contribution in [3.8, 4) is 0 Å². The van der Waals surface area contributed by atoms with Crippen LogP contribution in [0.5, 0.6) is 0 Å². The summed E-state index contributed by atoms with van der Waals surface area (Å²) >= 11 is 0. The summed E-state index contributed by atoms with van der Waals surface area (Å²) in [6, 6.07) is 17.1. The zero-order chi connectivity index (χ0) is 16.4. The van der Waals surface area contributed by atoms with Crippen LogP contribution in [-0.4, -0.2) is 16.9 Å². The molecule has 0 bridgehead atoms. The van der Waals surface area contributed by atoms with Gasteiger partial charge >= 0.3 is 0 Å². The normalized spacial score (nSPS) is 14.0. The fraction of sp³-hybridized carbons (Fsp3) is 0.286. The number of aryl methyl sites for hydroxylation is 1. The molecule has 3 heteroatoms. The third-order valence-corrected chi connectivity index (χ3v) is 4.94. The van der Waals surface area contributed by atoms with Crippen molar-refractivity contribution in [3.05, 3.63) is 71.4 Å². The van der Waals surface area contributed by atoms with Gasteiger partial charge in [0.1, 0.15) is 0 Å². The molecule has 0 saturated heterocycles. The molecule has 0 fully saturated rings. The first-order valence-corrected chi connectivity index (χ1v) is 8.71. The molecule has 0 spiro atoms. The molecule has 3 aromatic rings. The summed E-state index contributed by atoms with van der Waals surface area (Å²) < 4.78 is 0. The fourth-order valence-electron chi connectivity index (χ4n) is 3.74. The van der Waals surface area contributed by atoms with Gasteiger partial charge in [0, 0.05) is 29.6 Å². The maximum atomic E-state index is 12.2. The number of aromatic amines is 1. The minimum atomic E-state index is 0.174. The Hall–Kier alpha value is -2.55. The molecule has 1 amide bonds. The second-order valence-corrected chi connectivity index (χ2v) is 6.65. The standard InChI is InChI=1S/C21H22N2O/c24-21(23-18-12-15-6-1-2-7-16(15)13-18)11-5-8-17-14-22-20-10-4-3-9-19(17)20/h1-4,6-7,9-10,14,18,22H,5,8,11-13H2,(H,23,24). The highest BCUT2D eigenvalue weighted by Crippen LogP contribution is 2.22. The van der Waals surface area contributed by atoms with Gasteiger partial charge in [-0.3, -0.25) is 4.79 Å². The van der Waals surface area contributed by atoms with Gasteiger partial charge in [-0.15, -0.1) is 0 Å².